The van der Waals surface area contributed by atoms with Gasteiger partial charge in [0.1, 0.15) is 0 Å². The zero-order chi connectivity index (χ0) is 13.1. The quantitative estimate of drug-likeness (QED) is 0.892. The molecule has 1 N–H and O–H groups in total. The number of likely N-dealkylation sites (tertiary alicyclic amines) is 1. The number of benzene rings is 1. The van der Waals surface area contributed by atoms with E-state index >= 15 is 0 Å². The lowest BCUT2D eigenvalue weighted by Gasteiger charge is -2.30. The lowest BCUT2D eigenvalue weighted by Crippen LogP contribution is -2.35. The molecule has 1 heterocycles. The van der Waals surface area contributed by atoms with Crippen LogP contribution in [0.15, 0.2) is 18.2 Å². The van der Waals surface area contributed by atoms with E-state index in [0.717, 1.165) is 32.5 Å². The molecule has 3 heteroatoms. The van der Waals surface area contributed by atoms with Gasteiger partial charge in [-0.25, -0.2) is 0 Å². The van der Waals surface area contributed by atoms with Crippen molar-refractivity contribution in [2.24, 2.45) is 5.92 Å². The summed E-state index contributed by atoms with van der Waals surface area (Å²) in [5, 5.41) is 8.97. The van der Waals surface area contributed by atoms with Crippen LogP contribution >= 0.6 is 0 Å². The Morgan fingerprint density at radius 2 is 1.78 bits per heavy atom. The summed E-state index contributed by atoms with van der Waals surface area (Å²) in [5.74, 6) is -0.776. The van der Waals surface area contributed by atoms with Crippen LogP contribution in [0.2, 0.25) is 0 Å². The standard InChI is InChI=1S/C15H21NO2/c1-11-7-12(2)9-13(8-11)10-16-5-3-14(4-6-16)15(17)18/h7-9,14H,3-6,10H2,1-2H3,(H,17,18). The van der Waals surface area contributed by atoms with Crippen molar-refractivity contribution in [2.75, 3.05) is 13.1 Å². The van der Waals surface area contributed by atoms with Crippen LogP contribution in [0.5, 0.6) is 0 Å². The number of carboxylic acids is 1. The number of aliphatic carboxylic acids is 1. The number of hydrogen-bond acceptors (Lipinski definition) is 2. The Balaban J connectivity index is 1.93. The highest BCUT2D eigenvalue weighted by Crippen LogP contribution is 2.20. The van der Waals surface area contributed by atoms with Gasteiger partial charge in [0, 0.05) is 6.54 Å². The minimum atomic E-state index is -0.638. The van der Waals surface area contributed by atoms with Crippen molar-refractivity contribution in [2.45, 2.75) is 33.2 Å². The van der Waals surface area contributed by atoms with Crippen LogP contribution in [0.3, 0.4) is 0 Å². The molecule has 0 aliphatic carbocycles. The van der Waals surface area contributed by atoms with Gasteiger partial charge in [-0.1, -0.05) is 29.3 Å². The summed E-state index contributed by atoms with van der Waals surface area (Å²) >= 11 is 0. The lowest BCUT2D eigenvalue weighted by atomic mass is 9.96. The van der Waals surface area contributed by atoms with Gasteiger partial charge in [-0.3, -0.25) is 9.69 Å². The van der Waals surface area contributed by atoms with Gasteiger partial charge < -0.3 is 5.11 Å². The Morgan fingerprint density at radius 3 is 2.28 bits per heavy atom. The molecule has 0 saturated carbocycles. The minimum Gasteiger partial charge on any atom is -0.481 e. The molecule has 0 bridgehead atoms. The summed E-state index contributed by atoms with van der Waals surface area (Å²) in [4.78, 5) is 13.2. The molecular formula is C15H21NO2. The maximum atomic E-state index is 10.9. The summed E-state index contributed by atoms with van der Waals surface area (Å²) in [6.07, 6.45) is 1.56. The van der Waals surface area contributed by atoms with Gasteiger partial charge in [0.15, 0.2) is 0 Å². The van der Waals surface area contributed by atoms with Crippen LogP contribution in [0.25, 0.3) is 0 Å². The summed E-state index contributed by atoms with van der Waals surface area (Å²) in [5.41, 5.74) is 3.93. The summed E-state index contributed by atoms with van der Waals surface area (Å²) in [7, 11) is 0. The summed E-state index contributed by atoms with van der Waals surface area (Å²) in [6, 6.07) is 6.62. The molecule has 0 aromatic heterocycles. The Labute approximate surface area is 108 Å². The summed E-state index contributed by atoms with van der Waals surface area (Å²) in [6.45, 7) is 6.96. The fraction of sp³-hybridized carbons (Fsp3) is 0.533. The number of piperidine rings is 1. The number of aryl methyl sites for hydroxylation is 2. The predicted octanol–water partition coefficient (Wildman–Crippen LogP) is 2.60. The number of nitrogens with zero attached hydrogens (tertiary/aromatic N) is 1. The molecule has 18 heavy (non-hydrogen) atoms. The molecule has 1 aromatic carbocycles. The fourth-order valence-electron chi connectivity index (χ4n) is 2.76. The number of carboxylic acid groups (broad SMARTS) is 1. The van der Waals surface area contributed by atoms with Crippen LogP contribution in [-0.4, -0.2) is 29.1 Å². The van der Waals surface area contributed by atoms with Crippen LogP contribution in [0.4, 0.5) is 0 Å². The van der Waals surface area contributed by atoms with Gasteiger partial charge in [0.05, 0.1) is 5.92 Å². The summed E-state index contributed by atoms with van der Waals surface area (Å²) < 4.78 is 0. The monoisotopic (exact) mass is 247 g/mol. The van der Waals surface area contributed by atoms with Crippen molar-refractivity contribution in [3.63, 3.8) is 0 Å². The number of hydrogen-bond donors (Lipinski definition) is 1. The van der Waals surface area contributed by atoms with Crippen LogP contribution in [-0.2, 0) is 11.3 Å². The average molecular weight is 247 g/mol. The van der Waals surface area contributed by atoms with Crippen molar-refractivity contribution in [3.8, 4) is 0 Å². The molecule has 3 nitrogen and oxygen atoms in total. The largest absolute Gasteiger partial charge is 0.481 e. The van der Waals surface area contributed by atoms with Gasteiger partial charge in [-0.15, -0.1) is 0 Å². The first-order chi connectivity index (χ1) is 8.54. The first-order valence-corrected chi connectivity index (χ1v) is 6.57. The van der Waals surface area contributed by atoms with Crippen molar-refractivity contribution < 1.29 is 9.90 Å². The van der Waals surface area contributed by atoms with E-state index in [-0.39, 0.29) is 5.92 Å². The normalized spacial score (nSPS) is 17.9. The number of rotatable bonds is 3. The maximum Gasteiger partial charge on any atom is 0.306 e. The van der Waals surface area contributed by atoms with E-state index in [1.165, 1.54) is 16.7 Å². The predicted molar refractivity (Wildman–Crippen MR) is 71.6 cm³/mol. The number of carbonyl (C=O) groups is 1. The Hall–Kier alpha value is -1.35. The van der Waals surface area contributed by atoms with Crippen LogP contribution in [0, 0.1) is 19.8 Å². The molecule has 0 atom stereocenters. The van der Waals surface area contributed by atoms with Crippen molar-refractivity contribution >= 4 is 5.97 Å². The first kappa shape index (κ1) is 13.1. The maximum absolute atomic E-state index is 10.9. The third-order valence-electron chi connectivity index (χ3n) is 3.62. The van der Waals surface area contributed by atoms with Gasteiger partial charge in [0.2, 0.25) is 0 Å². The topological polar surface area (TPSA) is 40.5 Å². The molecule has 1 aliphatic heterocycles. The van der Waals surface area contributed by atoms with E-state index in [1.807, 2.05) is 0 Å². The van der Waals surface area contributed by atoms with Crippen LogP contribution in [0.1, 0.15) is 29.5 Å². The minimum absolute atomic E-state index is 0.138. The molecule has 0 amide bonds. The fourth-order valence-corrected chi connectivity index (χ4v) is 2.76. The molecule has 1 fully saturated rings. The van der Waals surface area contributed by atoms with E-state index in [4.69, 9.17) is 5.11 Å². The second-order valence-corrected chi connectivity index (χ2v) is 5.38. The molecule has 0 unspecified atom stereocenters. The van der Waals surface area contributed by atoms with Crippen LogP contribution < -0.4 is 0 Å². The third kappa shape index (κ3) is 3.33. The SMILES string of the molecule is Cc1cc(C)cc(CN2CCC(C(=O)O)CC2)c1. The second kappa shape index (κ2) is 5.53. The Morgan fingerprint density at radius 1 is 1.22 bits per heavy atom. The molecule has 0 radical (unpaired) electrons. The second-order valence-electron chi connectivity index (χ2n) is 5.38. The van der Waals surface area contributed by atoms with E-state index in [0.29, 0.717) is 0 Å². The van der Waals surface area contributed by atoms with Crippen molar-refractivity contribution in [3.05, 3.63) is 34.9 Å². The molecule has 98 valence electrons. The molecule has 1 aromatic rings. The smallest absolute Gasteiger partial charge is 0.306 e. The van der Waals surface area contributed by atoms with Crippen molar-refractivity contribution in [1.29, 1.82) is 0 Å². The van der Waals surface area contributed by atoms with E-state index in [2.05, 4.69) is 36.9 Å². The zero-order valence-corrected chi connectivity index (χ0v) is 11.1. The Bertz CT molecular complexity index is 414. The third-order valence-corrected chi connectivity index (χ3v) is 3.62. The molecule has 0 spiro atoms. The molecular weight excluding hydrogens is 226 g/mol. The lowest BCUT2D eigenvalue weighted by molar-refractivity contribution is -0.143. The van der Waals surface area contributed by atoms with E-state index < -0.39 is 5.97 Å². The highest BCUT2D eigenvalue weighted by Gasteiger charge is 2.24. The first-order valence-electron chi connectivity index (χ1n) is 6.57. The van der Waals surface area contributed by atoms with E-state index in [9.17, 15) is 4.79 Å². The van der Waals surface area contributed by atoms with Gasteiger partial charge in [-0.2, -0.15) is 0 Å². The Kier molecular flexibility index (Phi) is 4.02. The van der Waals surface area contributed by atoms with E-state index in [1.54, 1.807) is 0 Å². The molecule has 1 saturated heterocycles. The highest BCUT2D eigenvalue weighted by atomic mass is 16.4. The zero-order valence-electron chi connectivity index (χ0n) is 11.1. The molecule has 1 aliphatic rings. The molecule has 2 rings (SSSR count). The van der Waals surface area contributed by atoms with Crippen molar-refractivity contribution in [1.82, 2.24) is 4.90 Å². The van der Waals surface area contributed by atoms with Gasteiger partial charge >= 0.3 is 5.97 Å². The van der Waals surface area contributed by atoms with Gasteiger partial charge in [0.25, 0.3) is 0 Å². The highest BCUT2D eigenvalue weighted by molar-refractivity contribution is 5.70. The average Bonchev–Trinajstić information content (AvgIpc) is 2.28. The van der Waals surface area contributed by atoms with Gasteiger partial charge in [-0.05, 0) is 45.3 Å².